The molecule has 6 heteroatoms. The van der Waals surface area contributed by atoms with Crippen molar-refractivity contribution in [1.29, 1.82) is 0 Å². The van der Waals surface area contributed by atoms with Gasteiger partial charge in [-0.2, -0.15) is 0 Å². The summed E-state index contributed by atoms with van der Waals surface area (Å²) in [6, 6.07) is 4.34. The van der Waals surface area contributed by atoms with E-state index in [2.05, 4.69) is 22.9 Å². The van der Waals surface area contributed by atoms with Crippen molar-refractivity contribution in [3.8, 4) is 9.75 Å². The van der Waals surface area contributed by atoms with E-state index in [0.29, 0.717) is 12.3 Å². The van der Waals surface area contributed by atoms with Gasteiger partial charge < -0.3 is 4.55 Å². The van der Waals surface area contributed by atoms with Crippen LogP contribution in [0.2, 0.25) is 0 Å². The van der Waals surface area contributed by atoms with Gasteiger partial charge in [0.15, 0.2) is 0 Å². The first-order valence-corrected chi connectivity index (χ1v) is 9.48. The van der Waals surface area contributed by atoms with Gasteiger partial charge in [0.1, 0.15) is 0 Å². The molecule has 0 unspecified atom stereocenters. The van der Waals surface area contributed by atoms with Crippen LogP contribution in [0.3, 0.4) is 0 Å². The zero-order valence-electron chi connectivity index (χ0n) is 10.2. The molecule has 1 aliphatic carbocycles. The monoisotopic (exact) mass is 313 g/mol. The first kappa shape index (κ1) is 13.3. The lowest BCUT2D eigenvalue weighted by molar-refractivity contribution is 0.459. The van der Waals surface area contributed by atoms with E-state index >= 15 is 0 Å². The van der Waals surface area contributed by atoms with Crippen LogP contribution in [-0.4, -0.2) is 18.7 Å². The predicted molar refractivity (Wildman–Crippen MR) is 77.9 cm³/mol. The molecular weight excluding hydrogens is 300 g/mol. The molecule has 2 aromatic heterocycles. The molecule has 0 fully saturated rings. The number of unbranched alkanes of at least 4 members (excludes halogenated alkanes) is 1. The van der Waals surface area contributed by atoms with E-state index in [-0.39, 0.29) is 5.75 Å². The second-order valence-corrected chi connectivity index (χ2v) is 8.08. The number of hydrogen-bond acceptors (Lipinski definition) is 5. The highest BCUT2D eigenvalue weighted by atomic mass is 32.2. The van der Waals surface area contributed by atoms with E-state index in [1.165, 1.54) is 20.9 Å². The summed E-state index contributed by atoms with van der Waals surface area (Å²) in [5.74, 6) is 0.143. The molecule has 0 radical (unpaired) electrons. The van der Waals surface area contributed by atoms with Gasteiger partial charge in [-0.15, -0.1) is 22.7 Å². The zero-order chi connectivity index (χ0) is 13.5. The minimum absolute atomic E-state index is 0.243. The van der Waals surface area contributed by atoms with E-state index < -0.39 is 10.1 Å². The first-order chi connectivity index (χ1) is 9.06. The Labute approximate surface area is 120 Å². The summed E-state index contributed by atoms with van der Waals surface area (Å²) < 4.78 is 31.8. The minimum atomic E-state index is -4.07. The molecule has 0 aromatic carbocycles. The Morgan fingerprint density at radius 3 is 2.16 bits per heavy atom. The lowest BCUT2D eigenvalue weighted by Crippen LogP contribution is -2.05. The normalized spacial score (nSPS) is 14.6. The van der Waals surface area contributed by atoms with Gasteiger partial charge in [0.2, 0.25) is 0 Å². The topological polar surface area (TPSA) is 57.2 Å². The fourth-order valence-corrected chi connectivity index (χ4v) is 5.35. The maximum atomic E-state index is 10.6. The van der Waals surface area contributed by atoms with Crippen LogP contribution in [0, 0.1) is 0 Å². The van der Waals surface area contributed by atoms with Gasteiger partial charge in [-0.1, -0.05) is 6.42 Å². The highest BCUT2D eigenvalue weighted by Crippen LogP contribution is 2.51. The Hall–Kier alpha value is -0.690. The fraction of sp³-hybridized carbons (Fsp3) is 0.385. The number of thiophene rings is 2. The second-order valence-electron chi connectivity index (χ2n) is 4.72. The molecule has 0 N–H and O–H groups in total. The lowest BCUT2D eigenvalue weighted by Gasteiger charge is -2.12. The molecule has 2 heterocycles. The Kier molecular flexibility index (Phi) is 3.51. The molecular formula is C13H13O3S3-. The van der Waals surface area contributed by atoms with Gasteiger partial charge in [0, 0.05) is 21.4 Å². The van der Waals surface area contributed by atoms with Crippen molar-refractivity contribution in [2.75, 3.05) is 5.75 Å². The average molecular weight is 313 g/mol. The van der Waals surface area contributed by atoms with Crippen molar-refractivity contribution >= 4 is 32.8 Å². The van der Waals surface area contributed by atoms with Crippen LogP contribution in [0.25, 0.3) is 9.75 Å². The lowest BCUT2D eigenvalue weighted by atomic mass is 9.94. The van der Waals surface area contributed by atoms with E-state index in [4.69, 9.17) is 0 Å². The molecule has 2 aromatic rings. The summed E-state index contributed by atoms with van der Waals surface area (Å²) in [6.07, 6.45) is 2.15. The molecule has 0 spiro atoms. The van der Waals surface area contributed by atoms with Gasteiger partial charge >= 0.3 is 0 Å². The molecule has 0 aliphatic heterocycles. The van der Waals surface area contributed by atoms with Gasteiger partial charge in [-0.3, -0.25) is 0 Å². The summed E-state index contributed by atoms with van der Waals surface area (Å²) in [6.45, 7) is 0. The summed E-state index contributed by atoms with van der Waals surface area (Å²) in [5, 5.41) is 4.23. The van der Waals surface area contributed by atoms with Crippen molar-refractivity contribution < 1.29 is 13.0 Å². The quantitative estimate of drug-likeness (QED) is 0.625. The van der Waals surface area contributed by atoms with Gasteiger partial charge in [-0.05, 0) is 46.9 Å². The first-order valence-electron chi connectivity index (χ1n) is 6.15. The maximum absolute atomic E-state index is 10.6. The van der Waals surface area contributed by atoms with Crippen molar-refractivity contribution in [1.82, 2.24) is 0 Å². The fourth-order valence-electron chi connectivity index (χ4n) is 2.66. The Morgan fingerprint density at radius 2 is 1.63 bits per heavy atom. The summed E-state index contributed by atoms with van der Waals surface area (Å²) in [5.41, 5.74) is 2.74. The van der Waals surface area contributed by atoms with Gasteiger partial charge in [0.05, 0.1) is 10.1 Å². The van der Waals surface area contributed by atoms with Crippen molar-refractivity contribution in [2.24, 2.45) is 0 Å². The largest absolute Gasteiger partial charge is 0.748 e. The van der Waals surface area contributed by atoms with Gasteiger partial charge in [-0.25, -0.2) is 8.42 Å². The second kappa shape index (κ2) is 5.01. The van der Waals surface area contributed by atoms with Crippen LogP contribution in [0.15, 0.2) is 22.9 Å². The molecule has 19 heavy (non-hydrogen) atoms. The molecule has 0 saturated carbocycles. The van der Waals surface area contributed by atoms with E-state index in [1.807, 2.05) is 0 Å². The highest BCUT2D eigenvalue weighted by Gasteiger charge is 2.30. The van der Waals surface area contributed by atoms with Crippen molar-refractivity contribution in [2.45, 2.75) is 25.2 Å². The Morgan fingerprint density at radius 1 is 1.05 bits per heavy atom. The molecule has 102 valence electrons. The van der Waals surface area contributed by atoms with Crippen molar-refractivity contribution in [3.05, 3.63) is 34.0 Å². The smallest absolute Gasteiger partial charge is 0.0945 e. The molecule has 3 rings (SSSR count). The van der Waals surface area contributed by atoms with Crippen LogP contribution in [0.4, 0.5) is 0 Å². The molecule has 0 amide bonds. The van der Waals surface area contributed by atoms with Gasteiger partial charge in [0.25, 0.3) is 0 Å². The SMILES string of the molecule is O=S(=O)([O-])CCCCC1c2ccsc2-c2sccc21. The number of rotatable bonds is 5. The molecule has 0 saturated heterocycles. The Bertz CT molecular complexity index is 641. The van der Waals surface area contributed by atoms with Crippen LogP contribution in [0.1, 0.15) is 36.3 Å². The maximum Gasteiger partial charge on any atom is 0.0945 e. The number of hydrogen-bond donors (Lipinski definition) is 0. The molecule has 0 bridgehead atoms. The summed E-state index contributed by atoms with van der Waals surface area (Å²) in [7, 11) is -4.07. The average Bonchev–Trinajstić information content (AvgIpc) is 2.97. The molecule has 3 nitrogen and oxygen atoms in total. The predicted octanol–water partition coefficient (Wildman–Crippen LogP) is 3.64. The minimum Gasteiger partial charge on any atom is -0.748 e. The molecule has 0 atom stereocenters. The molecule has 1 aliphatic rings. The third-order valence-corrected chi connectivity index (χ3v) is 6.30. The van der Waals surface area contributed by atoms with E-state index in [0.717, 1.165) is 12.8 Å². The third-order valence-electron chi connectivity index (χ3n) is 3.49. The van der Waals surface area contributed by atoms with Crippen LogP contribution in [-0.2, 0) is 10.1 Å². The van der Waals surface area contributed by atoms with Crippen LogP contribution < -0.4 is 0 Å². The highest BCUT2D eigenvalue weighted by molar-refractivity contribution is 7.85. The standard InChI is InChI=1S/C13H14O3S3/c14-19(15,16)8-2-1-3-9-10-4-6-17-12(10)13-11(9)5-7-18-13/h4-7,9H,1-3,8H2,(H,14,15,16)/p-1. The van der Waals surface area contributed by atoms with Crippen LogP contribution in [0.5, 0.6) is 0 Å². The number of fused-ring (bicyclic) bond motifs is 3. The van der Waals surface area contributed by atoms with E-state index in [9.17, 15) is 13.0 Å². The van der Waals surface area contributed by atoms with Crippen molar-refractivity contribution in [3.63, 3.8) is 0 Å². The summed E-state index contributed by atoms with van der Waals surface area (Å²) >= 11 is 3.54. The summed E-state index contributed by atoms with van der Waals surface area (Å²) in [4.78, 5) is 2.73. The zero-order valence-corrected chi connectivity index (χ0v) is 12.6. The van der Waals surface area contributed by atoms with E-state index in [1.54, 1.807) is 22.7 Å². The third kappa shape index (κ3) is 2.63. The Balaban J connectivity index is 1.70. The van der Waals surface area contributed by atoms with Crippen LogP contribution >= 0.6 is 22.7 Å².